The summed E-state index contributed by atoms with van der Waals surface area (Å²) in [6, 6.07) is 8.00. The van der Waals surface area contributed by atoms with Crippen LogP contribution in [0.15, 0.2) is 29.3 Å². The zero-order valence-corrected chi connectivity index (χ0v) is 16.2. The van der Waals surface area contributed by atoms with Crippen LogP contribution in [-0.2, 0) is 11.2 Å². The van der Waals surface area contributed by atoms with Gasteiger partial charge in [0.05, 0.1) is 6.54 Å². The number of ether oxygens (including phenoxy) is 1. The number of rotatable bonds is 7. The highest BCUT2D eigenvalue weighted by Crippen LogP contribution is 2.33. The van der Waals surface area contributed by atoms with E-state index in [0.29, 0.717) is 0 Å². The first-order valence-electron chi connectivity index (χ1n) is 8.57. The maximum Gasteiger partial charge on any atom is 0.191 e. The van der Waals surface area contributed by atoms with Crippen LogP contribution in [0.25, 0.3) is 0 Å². The Labute approximate surface area is 154 Å². The minimum Gasteiger partial charge on any atom is -0.381 e. The number of aliphatic imine (C=N–C) groups is 1. The van der Waals surface area contributed by atoms with Crippen molar-refractivity contribution in [2.24, 2.45) is 4.99 Å². The van der Waals surface area contributed by atoms with Gasteiger partial charge in [-0.2, -0.15) is 11.8 Å². The molecule has 6 heteroatoms. The highest BCUT2D eigenvalue weighted by molar-refractivity contribution is 8.00. The van der Waals surface area contributed by atoms with E-state index < -0.39 is 0 Å². The van der Waals surface area contributed by atoms with Crippen molar-refractivity contribution in [3.8, 4) is 0 Å². The van der Waals surface area contributed by atoms with Gasteiger partial charge in [-0.1, -0.05) is 23.7 Å². The van der Waals surface area contributed by atoms with Crippen LogP contribution in [0.2, 0.25) is 5.02 Å². The molecule has 0 aromatic heterocycles. The van der Waals surface area contributed by atoms with Gasteiger partial charge < -0.3 is 15.4 Å². The fourth-order valence-corrected chi connectivity index (χ4v) is 3.73. The lowest BCUT2D eigenvalue weighted by Gasteiger charge is -2.34. The van der Waals surface area contributed by atoms with Crippen molar-refractivity contribution < 1.29 is 4.74 Å². The van der Waals surface area contributed by atoms with Gasteiger partial charge in [-0.3, -0.25) is 4.99 Å². The first-order chi connectivity index (χ1) is 11.7. The largest absolute Gasteiger partial charge is 0.381 e. The molecule has 0 radical (unpaired) electrons. The fraction of sp³-hybridized carbons (Fsp3) is 0.611. The van der Waals surface area contributed by atoms with Gasteiger partial charge in [0.15, 0.2) is 5.96 Å². The molecular formula is C18H28ClN3OS. The zero-order valence-electron chi connectivity index (χ0n) is 14.6. The van der Waals surface area contributed by atoms with Crippen molar-refractivity contribution in [2.75, 3.05) is 39.1 Å². The predicted molar refractivity (Wildman–Crippen MR) is 105 cm³/mol. The van der Waals surface area contributed by atoms with E-state index in [9.17, 15) is 0 Å². The van der Waals surface area contributed by atoms with Crippen molar-refractivity contribution in [2.45, 2.75) is 30.9 Å². The molecule has 0 saturated carbocycles. The Kier molecular flexibility index (Phi) is 8.22. The Morgan fingerprint density at radius 2 is 2.12 bits per heavy atom. The summed E-state index contributed by atoms with van der Waals surface area (Å²) in [4.78, 5) is 4.82. The van der Waals surface area contributed by atoms with Crippen LogP contribution in [0.4, 0.5) is 0 Å². The lowest BCUT2D eigenvalue weighted by molar-refractivity contribution is 0.0794. The first kappa shape index (κ1) is 19.4. The Morgan fingerprint density at radius 1 is 1.33 bits per heavy atom. The lowest BCUT2D eigenvalue weighted by atomic mass is 9.99. The molecule has 0 amide bonds. The molecule has 1 heterocycles. The number of nitrogens with zero attached hydrogens (tertiary/aromatic N) is 1. The Bertz CT molecular complexity index is 533. The van der Waals surface area contributed by atoms with Crippen LogP contribution in [0.5, 0.6) is 0 Å². The summed E-state index contributed by atoms with van der Waals surface area (Å²) in [5, 5.41) is 7.54. The average Bonchev–Trinajstić information content (AvgIpc) is 2.60. The van der Waals surface area contributed by atoms with E-state index in [-0.39, 0.29) is 4.75 Å². The summed E-state index contributed by atoms with van der Waals surface area (Å²) in [5.41, 5.74) is 1.23. The van der Waals surface area contributed by atoms with Gasteiger partial charge in [-0.15, -0.1) is 0 Å². The van der Waals surface area contributed by atoms with E-state index in [1.807, 2.05) is 30.0 Å². The van der Waals surface area contributed by atoms with Crippen molar-refractivity contribution >= 4 is 29.3 Å². The maximum absolute atomic E-state index is 6.03. The van der Waals surface area contributed by atoms with Gasteiger partial charge in [0.1, 0.15) is 0 Å². The molecule has 0 aliphatic carbocycles. The Hall–Kier alpha value is -0.910. The summed E-state index contributed by atoms with van der Waals surface area (Å²) in [7, 11) is 0. The van der Waals surface area contributed by atoms with Gasteiger partial charge in [0.2, 0.25) is 0 Å². The Morgan fingerprint density at radius 3 is 2.79 bits per heavy atom. The standard InChI is InChI=1S/C18H28ClN3OS/c1-3-20-17(21-10-7-15-5-4-6-16(19)13-15)22-14-18(24-2)8-11-23-12-9-18/h4-6,13H,3,7-12,14H2,1-2H3,(H2,20,21,22). The molecule has 0 unspecified atom stereocenters. The molecule has 134 valence electrons. The van der Waals surface area contributed by atoms with Gasteiger partial charge >= 0.3 is 0 Å². The minimum absolute atomic E-state index is 0.216. The Balaban J connectivity index is 1.88. The molecule has 1 aromatic carbocycles. The predicted octanol–water partition coefficient (Wildman–Crippen LogP) is 3.35. The molecule has 1 aromatic rings. The van der Waals surface area contributed by atoms with E-state index in [2.05, 4.69) is 29.9 Å². The number of thioether (sulfide) groups is 1. The SMILES string of the molecule is CCNC(=NCC1(SC)CCOCC1)NCCc1cccc(Cl)c1. The lowest BCUT2D eigenvalue weighted by Crippen LogP contribution is -2.41. The van der Waals surface area contributed by atoms with Crippen LogP contribution in [-0.4, -0.2) is 49.8 Å². The molecular weight excluding hydrogens is 342 g/mol. The van der Waals surface area contributed by atoms with Gasteiger partial charge in [-0.05, 0) is 50.1 Å². The van der Waals surface area contributed by atoms with E-state index in [1.165, 1.54) is 5.56 Å². The second-order valence-corrected chi connectivity index (χ2v) is 7.71. The third kappa shape index (κ3) is 6.19. The van der Waals surface area contributed by atoms with Crippen LogP contribution in [0.3, 0.4) is 0 Å². The highest BCUT2D eigenvalue weighted by atomic mass is 35.5. The van der Waals surface area contributed by atoms with Crippen LogP contribution >= 0.6 is 23.4 Å². The van der Waals surface area contributed by atoms with Crippen molar-refractivity contribution in [1.29, 1.82) is 0 Å². The molecule has 2 rings (SSSR count). The summed E-state index contributed by atoms with van der Waals surface area (Å²) < 4.78 is 5.72. The molecule has 0 spiro atoms. The van der Waals surface area contributed by atoms with Crippen LogP contribution in [0.1, 0.15) is 25.3 Å². The maximum atomic E-state index is 6.03. The summed E-state index contributed by atoms with van der Waals surface area (Å²) >= 11 is 7.95. The van der Waals surface area contributed by atoms with Crippen LogP contribution in [0, 0.1) is 0 Å². The van der Waals surface area contributed by atoms with E-state index in [1.54, 1.807) is 0 Å². The van der Waals surface area contributed by atoms with Crippen molar-refractivity contribution in [1.82, 2.24) is 10.6 Å². The quantitative estimate of drug-likeness (QED) is 0.571. The fourth-order valence-electron chi connectivity index (χ4n) is 2.75. The van der Waals surface area contributed by atoms with Gasteiger partial charge in [-0.25, -0.2) is 0 Å². The smallest absolute Gasteiger partial charge is 0.191 e. The molecule has 4 nitrogen and oxygen atoms in total. The minimum atomic E-state index is 0.216. The molecule has 1 saturated heterocycles. The molecule has 1 aliphatic heterocycles. The molecule has 2 N–H and O–H groups in total. The zero-order chi connectivity index (χ0) is 17.3. The first-order valence-corrected chi connectivity index (χ1v) is 10.2. The molecule has 0 bridgehead atoms. The summed E-state index contributed by atoms with van der Waals surface area (Å²) in [6.45, 7) is 6.29. The highest BCUT2D eigenvalue weighted by Gasteiger charge is 2.31. The van der Waals surface area contributed by atoms with Gasteiger partial charge in [0, 0.05) is 36.1 Å². The van der Waals surface area contributed by atoms with Gasteiger partial charge in [0.25, 0.3) is 0 Å². The number of halogens is 1. The van der Waals surface area contributed by atoms with E-state index in [4.69, 9.17) is 21.3 Å². The van der Waals surface area contributed by atoms with Crippen LogP contribution < -0.4 is 10.6 Å². The number of guanidine groups is 1. The third-order valence-electron chi connectivity index (χ3n) is 4.30. The monoisotopic (exact) mass is 369 g/mol. The number of hydrogen-bond donors (Lipinski definition) is 2. The van der Waals surface area contributed by atoms with E-state index in [0.717, 1.165) is 63.1 Å². The second kappa shape index (κ2) is 10.2. The number of hydrogen-bond acceptors (Lipinski definition) is 3. The molecule has 1 aliphatic rings. The second-order valence-electron chi connectivity index (χ2n) is 6.00. The normalized spacial score (nSPS) is 17.5. The molecule has 24 heavy (non-hydrogen) atoms. The third-order valence-corrected chi connectivity index (χ3v) is 5.94. The van der Waals surface area contributed by atoms with Crippen molar-refractivity contribution in [3.63, 3.8) is 0 Å². The summed E-state index contributed by atoms with van der Waals surface area (Å²) in [6.07, 6.45) is 5.24. The number of nitrogens with one attached hydrogen (secondary N) is 2. The summed E-state index contributed by atoms with van der Waals surface area (Å²) in [5.74, 6) is 0.888. The number of benzene rings is 1. The van der Waals surface area contributed by atoms with E-state index >= 15 is 0 Å². The molecule has 1 fully saturated rings. The average molecular weight is 370 g/mol. The molecule has 0 atom stereocenters. The van der Waals surface area contributed by atoms with Crippen molar-refractivity contribution in [3.05, 3.63) is 34.9 Å². The topological polar surface area (TPSA) is 45.7 Å².